The zero-order valence-corrected chi connectivity index (χ0v) is 20.2. The Morgan fingerprint density at radius 3 is 3.03 bits per heavy atom. The fraction of sp³-hybridized carbons (Fsp3) is 0.348. The monoisotopic (exact) mass is 499 g/mol. The van der Waals surface area contributed by atoms with E-state index in [0.717, 1.165) is 0 Å². The molecular formula is C23H26ClN7O4. The number of hydrogen-bond donors (Lipinski definition) is 1. The highest BCUT2D eigenvalue weighted by Gasteiger charge is 2.23. The van der Waals surface area contributed by atoms with Crippen LogP contribution in [0, 0.1) is 0 Å². The van der Waals surface area contributed by atoms with E-state index in [0.29, 0.717) is 60.5 Å². The molecule has 0 bridgehead atoms. The Morgan fingerprint density at radius 2 is 2.26 bits per heavy atom. The second-order valence-corrected chi connectivity index (χ2v) is 8.33. The number of carbonyl (C=O) groups is 2. The molecule has 0 aliphatic carbocycles. The van der Waals surface area contributed by atoms with Gasteiger partial charge in [0.2, 0.25) is 0 Å². The Balaban J connectivity index is 1.57. The summed E-state index contributed by atoms with van der Waals surface area (Å²) in [5.41, 5.74) is 1.95. The highest BCUT2D eigenvalue weighted by atomic mass is 35.5. The summed E-state index contributed by atoms with van der Waals surface area (Å²) in [6.45, 7) is 4.19. The van der Waals surface area contributed by atoms with Gasteiger partial charge >= 0.3 is 6.09 Å². The lowest BCUT2D eigenvalue weighted by atomic mass is 10.1. The summed E-state index contributed by atoms with van der Waals surface area (Å²) < 4.78 is 13.2. The molecule has 1 atom stereocenters. The minimum Gasteiger partial charge on any atom is -0.448 e. The quantitative estimate of drug-likeness (QED) is 0.426. The number of hydrogen-bond acceptors (Lipinski definition) is 7. The summed E-state index contributed by atoms with van der Waals surface area (Å²) in [5, 5.41) is 12.3. The van der Waals surface area contributed by atoms with Crippen LogP contribution < -0.4 is 5.32 Å². The van der Waals surface area contributed by atoms with Gasteiger partial charge in [0.15, 0.2) is 5.65 Å². The molecule has 3 aromatic rings. The summed E-state index contributed by atoms with van der Waals surface area (Å²) in [7, 11) is 1.60. The van der Waals surface area contributed by atoms with Gasteiger partial charge < -0.3 is 19.7 Å². The number of ether oxygens (including phenoxy) is 2. The molecule has 3 aromatic heterocycles. The molecule has 1 aliphatic heterocycles. The lowest BCUT2D eigenvalue weighted by Crippen LogP contribution is -2.28. The lowest BCUT2D eigenvalue weighted by molar-refractivity contribution is 0.102. The van der Waals surface area contributed by atoms with Crippen molar-refractivity contribution in [3.05, 3.63) is 65.4 Å². The van der Waals surface area contributed by atoms with Crippen molar-refractivity contribution in [2.75, 3.05) is 38.7 Å². The number of aromatic nitrogens is 5. The van der Waals surface area contributed by atoms with Gasteiger partial charge in [-0.2, -0.15) is 10.2 Å². The van der Waals surface area contributed by atoms with Crippen molar-refractivity contribution in [3.63, 3.8) is 0 Å². The molecule has 35 heavy (non-hydrogen) atoms. The highest BCUT2D eigenvalue weighted by molar-refractivity contribution is 6.31. The maximum absolute atomic E-state index is 13.1. The Hall–Kier alpha value is -3.70. The van der Waals surface area contributed by atoms with E-state index < -0.39 is 0 Å². The molecule has 4 heterocycles. The van der Waals surface area contributed by atoms with Gasteiger partial charge in [-0.3, -0.25) is 9.48 Å². The summed E-state index contributed by atoms with van der Waals surface area (Å²) in [5.74, 6) is -0.574. The second-order valence-electron chi connectivity index (χ2n) is 7.89. The van der Waals surface area contributed by atoms with Crippen LogP contribution in [0.15, 0.2) is 54.1 Å². The molecule has 1 fully saturated rings. The molecule has 0 spiro atoms. The number of allylic oxidation sites excluding steroid dienone is 3. The number of rotatable bonds is 10. The molecule has 1 N–H and O–H groups in total. The average molecular weight is 500 g/mol. The first-order valence-corrected chi connectivity index (χ1v) is 11.5. The van der Waals surface area contributed by atoms with Gasteiger partial charge in [0.05, 0.1) is 37.3 Å². The van der Waals surface area contributed by atoms with Crippen LogP contribution in [0.4, 0.5) is 10.5 Å². The normalized spacial score (nSPS) is 15.2. The van der Waals surface area contributed by atoms with Crippen molar-refractivity contribution in [1.29, 1.82) is 0 Å². The van der Waals surface area contributed by atoms with Crippen LogP contribution in [0.1, 0.15) is 28.9 Å². The summed E-state index contributed by atoms with van der Waals surface area (Å²) in [4.78, 5) is 30.7. The first-order chi connectivity index (χ1) is 17.0. The molecule has 0 radical (unpaired) electrons. The second kappa shape index (κ2) is 11.2. The van der Waals surface area contributed by atoms with Crippen LogP contribution in [-0.4, -0.2) is 74.7 Å². The van der Waals surface area contributed by atoms with Gasteiger partial charge in [0, 0.05) is 43.2 Å². The van der Waals surface area contributed by atoms with E-state index in [9.17, 15) is 9.59 Å². The molecule has 0 aromatic carbocycles. The Morgan fingerprint density at radius 1 is 1.40 bits per heavy atom. The van der Waals surface area contributed by atoms with Crippen molar-refractivity contribution >= 4 is 34.9 Å². The largest absolute Gasteiger partial charge is 0.448 e. The van der Waals surface area contributed by atoms with Gasteiger partial charge in [-0.1, -0.05) is 30.7 Å². The summed E-state index contributed by atoms with van der Waals surface area (Å²) in [6, 6.07) is 1.73. The minimum absolute atomic E-state index is 0.218. The van der Waals surface area contributed by atoms with E-state index in [4.69, 9.17) is 21.1 Å². The number of carbonyl (C=O) groups excluding carboxylic acids is 2. The third-order valence-corrected chi connectivity index (χ3v) is 5.64. The van der Waals surface area contributed by atoms with E-state index >= 15 is 0 Å². The maximum Gasteiger partial charge on any atom is 0.410 e. The maximum atomic E-state index is 13.1. The number of nitrogens with zero attached hydrogens (tertiary/aromatic N) is 6. The Kier molecular flexibility index (Phi) is 7.78. The fourth-order valence-electron chi connectivity index (χ4n) is 3.64. The third kappa shape index (κ3) is 5.87. The molecule has 4 rings (SSSR count). The van der Waals surface area contributed by atoms with Crippen molar-refractivity contribution < 1.29 is 19.1 Å². The molecule has 1 saturated heterocycles. The van der Waals surface area contributed by atoms with Gasteiger partial charge in [0.25, 0.3) is 5.91 Å². The van der Waals surface area contributed by atoms with E-state index in [1.807, 2.05) is 13.0 Å². The number of methoxy groups -OCH3 is 1. The zero-order valence-electron chi connectivity index (χ0n) is 19.4. The lowest BCUT2D eigenvalue weighted by Gasteiger charge is -2.11. The fourth-order valence-corrected chi connectivity index (χ4v) is 3.92. The van der Waals surface area contributed by atoms with Crippen LogP contribution in [0.5, 0.6) is 0 Å². The Labute approximate surface area is 207 Å². The van der Waals surface area contributed by atoms with E-state index in [1.165, 1.54) is 10.7 Å². The number of nitrogens with one attached hydrogen (secondary N) is 1. The number of amides is 2. The van der Waals surface area contributed by atoms with Crippen molar-refractivity contribution in [2.45, 2.75) is 19.4 Å². The van der Waals surface area contributed by atoms with E-state index in [2.05, 4.69) is 20.5 Å². The smallest absolute Gasteiger partial charge is 0.410 e. The van der Waals surface area contributed by atoms with Gasteiger partial charge in [-0.25, -0.2) is 14.3 Å². The van der Waals surface area contributed by atoms with Gasteiger partial charge in [-0.05, 0) is 12.1 Å². The third-order valence-electron chi connectivity index (χ3n) is 5.39. The number of anilines is 1. The predicted molar refractivity (Wildman–Crippen MR) is 129 cm³/mol. The van der Waals surface area contributed by atoms with Crippen LogP contribution in [0.2, 0.25) is 0 Å². The highest BCUT2D eigenvalue weighted by Crippen LogP contribution is 2.27. The summed E-state index contributed by atoms with van der Waals surface area (Å²) >= 11 is 6.36. The standard InChI is InChI=1S/C23H26ClN7O4/c1-16(13-17(24)5-3-11-34-2)20-19(15-30(28-20)9-8-29-10-12-35-23(29)33)27-22(32)18-14-26-31-7-4-6-25-21(18)31/h3-7,13-16H,8-12H2,1-2H3,(H,27,32)/b5-3-,17-13+. The molecule has 11 nitrogen and oxygen atoms in total. The topological polar surface area (TPSA) is 116 Å². The molecule has 1 unspecified atom stereocenters. The molecular weight excluding hydrogens is 474 g/mol. The first kappa shape index (κ1) is 24.4. The Bertz CT molecular complexity index is 1270. The van der Waals surface area contributed by atoms with Gasteiger partial charge in [0.1, 0.15) is 12.2 Å². The predicted octanol–water partition coefficient (Wildman–Crippen LogP) is 3.06. The van der Waals surface area contributed by atoms with Crippen molar-refractivity contribution in [2.24, 2.45) is 0 Å². The minimum atomic E-state index is -0.357. The van der Waals surface area contributed by atoms with Crippen molar-refractivity contribution in [1.82, 2.24) is 29.3 Å². The number of fused-ring (bicyclic) bond motifs is 1. The van der Waals surface area contributed by atoms with Crippen molar-refractivity contribution in [3.8, 4) is 0 Å². The van der Waals surface area contributed by atoms with Crippen LogP contribution in [0.3, 0.4) is 0 Å². The van der Waals surface area contributed by atoms with Crippen LogP contribution in [-0.2, 0) is 16.0 Å². The van der Waals surface area contributed by atoms with Crippen LogP contribution >= 0.6 is 11.6 Å². The molecule has 2 amide bonds. The number of cyclic esters (lactones) is 1. The molecule has 1 aliphatic rings. The first-order valence-electron chi connectivity index (χ1n) is 11.1. The summed E-state index contributed by atoms with van der Waals surface area (Å²) in [6.07, 6.45) is 11.6. The SMILES string of the molecule is COC/C=C\C(Cl)=C/C(C)c1nn(CCN2CCOC2=O)cc1NC(=O)c1cnn2cccnc12. The molecule has 184 valence electrons. The molecule has 12 heteroatoms. The van der Waals surface area contributed by atoms with E-state index in [-0.39, 0.29) is 17.9 Å². The van der Waals surface area contributed by atoms with Gasteiger partial charge in [-0.15, -0.1) is 0 Å². The average Bonchev–Trinajstić information content (AvgIpc) is 3.56. The zero-order chi connectivity index (χ0) is 24.8. The molecule has 0 saturated carbocycles. The van der Waals surface area contributed by atoms with Crippen LogP contribution in [0.25, 0.3) is 5.65 Å². The number of halogens is 1. The van der Waals surface area contributed by atoms with E-state index in [1.54, 1.807) is 53.5 Å².